The molecule has 0 saturated heterocycles. The number of aromatic nitrogens is 2. The quantitative estimate of drug-likeness (QED) is 0.722. The molecule has 1 aliphatic rings. The van der Waals surface area contributed by atoms with Gasteiger partial charge in [0.1, 0.15) is 5.65 Å². The Hall–Kier alpha value is -1.51. The summed E-state index contributed by atoms with van der Waals surface area (Å²) >= 11 is 0. The van der Waals surface area contributed by atoms with Crippen LogP contribution in [0, 0.1) is 0 Å². The molecule has 1 fully saturated rings. The van der Waals surface area contributed by atoms with Crippen LogP contribution in [-0.2, 0) is 0 Å². The number of rotatable bonds is 2. The van der Waals surface area contributed by atoms with Crippen LogP contribution in [0.2, 0.25) is 0 Å². The number of hydrogen-bond acceptors (Lipinski definition) is 2. The van der Waals surface area contributed by atoms with Crippen molar-refractivity contribution in [2.45, 2.75) is 18.8 Å². The maximum Gasteiger partial charge on any atom is 0.198 e. The van der Waals surface area contributed by atoms with Crippen LogP contribution in [0.4, 0.5) is 0 Å². The summed E-state index contributed by atoms with van der Waals surface area (Å²) in [6.45, 7) is 0. The van der Waals surface area contributed by atoms with E-state index in [0.29, 0.717) is 5.92 Å². The Kier molecular flexibility index (Phi) is 1.54. The van der Waals surface area contributed by atoms with Gasteiger partial charge in [0.2, 0.25) is 0 Å². The van der Waals surface area contributed by atoms with Gasteiger partial charge in [-0.1, -0.05) is 6.07 Å². The van der Waals surface area contributed by atoms with Crippen LogP contribution in [0.25, 0.3) is 5.65 Å². The van der Waals surface area contributed by atoms with Gasteiger partial charge >= 0.3 is 0 Å². The van der Waals surface area contributed by atoms with E-state index in [2.05, 4.69) is 11.2 Å². The highest BCUT2D eigenvalue weighted by Gasteiger charge is 2.26. The molecule has 0 unspecified atom stereocenters. The minimum atomic E-state index is 0.694. The van der Waals surface area contributed by atoms with Crippen LogP contribution in [0.3, 0.4) is 0 Å². The summed E-state index contributed by atoms with van der Waals surface area (Å²) in [5.74, 6) is 1.54. The number of nitrogens with zero attached hydrogens (tertiary/aromatic N) is 2. The number of imidazole rings is 1. The van der Waals surface area contributed by atoms with Crippen molar-refractivity contribution >= 4 is 5.65 Å². The standard InChI is InChI=1S/C11H12N2O/c1-14-11-4-2-3-10-12-9(7-13(10)11)8-5-6-8/h2-4,7-8H,5-6H2,1H3. The number of methoxy groups -OCH3 is 1. The van der Waals surface area contributed by atoms with Crippen LogP contribution in [-0.4, -0.2) is 16.5 Å². The van der Waals surface area contributed by atoms with Gasteiger partial charge in [-0.15, -0.1) is 0 Å². The molecule has 0 bridgehead atoms. The molecular formula is C11H12N2O. The third kappa shape index (κ3) is 1.09. The van der Waals surface area contributed by atoms with E-state index >= 15 is 0 Å². The summed E-state index contributed by atoms with van der Waals surface area (Å²) in [4.78, 5) is 4.57. The molecule has 0 spiro atoms. The Balaban J connectivity index is 2.20. The fourth-order valence-corrected chi connectivity index (χ4v) is 1.75. The smallest absolute Gasteiger partial charge is 0.198 e. The Morgan fingerprint density at radius 3 is 3.00 bits per heavy atom. The van der Waals surface area contributed by atoms with E-state index in [4.69, 9.17) is 4.74 Å². The molecule has 1 saturated carbocycles. The van der Waals surface area contributed by atoms with Crippen molar-refractivity contribution in [3.05, 3.63) is 30.1 Å². The minimum Gasteiger partial charge on any atom is -0.482 e. The zero-order valence-electron chi connectivity index (χ0n) is 8.10. The number of fused-ring (bicyclic) bond motifs is 1. The van der Waals surface area contributed by atoms with Crippen molar-refractivity contribution in [1.82, 2.24) is 9.38 Å². The summed E-state index contributed by atoms with van der Waals surface area (Å²) in [6, 6.07) is 5.93. The topological polar surface area (TPSA) is 26.5 Å². The molecule has 2 heterocycles. The van der Waals surface area contributed by atoms with E-state index in [0.717, 1.165) is 11.5 Å². The van der Waals surface area contributed by atoms with Crippen molar-refractivity contribution in [2.24, 2.45) is 0 Å². The second kappa shape index (κ2) is 2.74. The van der Waals surface area contributed by atoms with Crippen molar-refractivity contribution in [2.75, 3.05) is 7.11 Å². The second-order valence-corrected chi connectivity index (χ2v) is 3.74. The summed E-state index contributed by atoms with van der Waals surface area (Å²) in [7, 11) is 1.69. The molecule has 0 atom stereocenters. The van der Waals surface area contributed by atoms with Gasteiger partial charge in [0.05, 0.1) is 12.8 Å². The average molecular weight is 188 g/mol. The fraction of sp³-hybridized carbons (Fsp3) is 0.364. The van der Waals surface area contributed by atoms with E-state index in [1.54, 1.807) is 7.11 Å². The Bertz CT molecular complexity index is 471. The van der Waals surface area contributed by atoms with Gasteiger partial charge in [0.15, 0.2) is 5.88 Å². The minimum absolute atomic E-state index is 0.694. The van der Waals surface area contributed by atoms with E-state index in [1.807, 2.05) is 22.6 Å². The Labute approximate surface area is 82.3 Å². The van der Waals surface area contributed by atoms with Gasteiger partial charge in [-0.05, 0) is 25.0 Å². The third-order valence-electron chi connectivity index (χ3n) is 2.68. The Morgan fingerprint density at radius 1 is 1.43 bits per heavy atom. The predicted molar refractivity (Wildman–Crippen MR) is 53.7 cm³/mol. The lowest BCUT2D eigenvalue weighted by Crippen LogP contribution is -1.91. The van der Waals surface area contributed by atoms with Crippen molar-refractivity contribution in [3.8, 4) is 5.88 Å². The van der Waals surface area contributed by atoms with E-state index in [9.17, 15) is 0 Å². The third-order valence-corrected chi connectivity index (χ3v) is 2.68. The van der Waals surface area contributed by atoms with Crippen LogP contribution in [0.15, 0.2) is 24.4 Å². The molecule has 1 aliphatic carbocycles. The van der Waals surface area contributed by atoms with Crippen LogP contribution < -0.4 is 4.74 Å². The first-order chi connectivity index (χ1) is 6.88. The van der Waals surface area contributed by atoms with Crippen molar-refractivity contribution in [1.29, 1.82) is 0 Å². The van der Waals surface area contributed by atoms with E-state index < -0.39 is 0 Å². The second-order valence-electron chi connectivity index (χ2n) is 3.74. The summed E-state index contributed by atoms with van der Waals surface area (Å²) in [5, 5.41) is 0. The van der Waals surface area contributed by atoms with Gasteiger partial charge < -0.3 is 4.74 Å². The van der Waals surface area contributed by atoms with Gasteiger partial charge in [0.25, 0.3) is 0 Å². The molecule has 3 rings (SSSR count). The summed E-state index contributed by atoms with van der Waals surface area (Å²) < 4.78 is 7.27. The van der Waals surface area contributed by atoms with Gasteiger partial charge in [-0.25, -0.2) is 4.98 Å². The molecule has 2 aromatic rings. The first-order valence-corrected chi connectivity index (χ1v) is 4.90. The highest BCUT2D eigenvalue weighted by Crippen LogP contribution is 2.39. The molecule has 2 aromatic heterocycles. The zero-order chi connectivity index (χ0) is 9.54. The molecular weight excluding hydrogens is 176 g/mol. The highest BCUT2D eigenvalue weighted by molar-refractivity contribution is 5.44. The molecule has 0 aliphatic heterocycles. The zero-order valence-corrected chi connectivity index (χ0v) is 8.10. The maximum atomic E-state index is 5.26. The van der Waals surface area contributed by atoms with E-state index in [1.165, 1.54) is 18.5 Å². The van der Waals surface area contributed by atoms with Crippen LogP contribution in [0.1, 0.15) is 24.5 Å². The normalized spacial score (nSPS) is 16.1. The fourth-order valence-electron chi connectivity index (χ4n) is 1.75. The molecule has 0 amide bonds. The first kappa shape index (κ1) is 7.85. The SMILES string of the molecule is COc1cccc2nc(C3CC3)cn12. The number of hydrogen-bond donors (Lipinski definition) is 0. The lowest BCUT2D eigenvalue weighted by atomic mass is 10.3. The molecule has 0 radical (unpaired) electrons. The number of ether oxygens (including phenoxy) is 1. The average Bonchev–Trinajstić information content (AvgIpc) is 2.97. The highest BCUT2D eigenvalue weighted by atomic mass is 16.5. The molecule has 72 valence electrons. The maximum absolute atomic E-state index is 5.26. The largest absolute Gasteiger partial charge is 0.482 e. The van der Waals surface area contributed by atoms with E-state index in [-0.39, 0.29) is 0 Å². The van der Waals surface area contributed by atoms with Crippen LogP contribution in [0.5, 0.6) is 5.88 Å². The van der Waals surface area contributed by atoms with Gasteiger partial charge in [-0.2, -0.15) is 0 Å². The predicted octanol–water partition coefficient (Wildman–Crippen LogP) is 2.22. The van der Waals surface area contributed by atoms with Gasteiger partial charge in [-0.3, -0.25) is 4.40 Å². The molecule has 3 heteroatoms. The van der Waals surface area contributed by atoms with Crippen molar-refractivity contribution < 1.29 is 4.74 Å². The molecule has 3 nitrogen and oxygen atoms in total. The monoisotopic (exact) mass is 188 g/mol. The number of pyridine rings is 1. The van der Waals surface area contributed by atoms with Crippen molar-refractivity contribution in [3.63, 3.8) is 0 Å². The molecule has 0 N–H and O–H groups in total. The lowest BCUT2D eigenvalue weighted by molar-refractivity contribution is 0.392. The first-order valence-electron chi connectivity index (χ1n) is 4.90. The molecule has 14 heavy (non-hydrogen) atoms. The van der Waals surface area contributed by atoms with Crippen LogP contribution >= 0.6 is 0 Å². The summed E-state index contributed by atoms with van der Waals surface area (Å²) in [5.41, 5.74) is 2.18. The summed E-state index contributed by atoms with van der Waals surface area (Å²) in [6.07, 6.45) is 4.66. The van der Waals surface area contributed by atoms with Gasteiger partial charge in [0, 0.05) is 12.1 Å². The molecule has 0 aromatic carbocycles. The Morgan fingerprint density at radius 2 is 2.29 bits per heavy atom. The lowest BCUT2D eigenvalue weighted by Gasteiger charge is -2.01.